The molecule has 0 saturated heterocycles. The van der Waals surface area contributed by atoms with Gasteiger partial charge in [-0.2, -0.15) is 5.10 Å². The van der Waals surface area contributed by atoms with Crippen LogP contribution in [0.2, 0.25) is 0 Å². The summed E-state index contributed by atoms with van der Waals surface area (Å²) in [7, 11) is 0. The van der Waals surface area contributed by atoms with Crippen LogP contribution >= 0.6 is 11.3 Å². The summed E-state index contributed by atoms with van der Waals surface area (Å²) < 4.78 is 1.74. The van der Waals surface area contributed by atoms with Gasteiger partial charge in [-0.25, -0.2) is 9.67 Å². The summed E-state index contributed by atoms with van der Waals surface area (Å²) in [4.78, 5) is 3.95. The SMILES string of the molecule is Cc1nnc(CN[C@H](C)c2ccc(-n3cncn3)cc2)s1. The maximum atomic E-state index is 4.12. The summed E-state index contributed by atoms with van der Waals surface area (Å²) >= 11 is 1.62. The van der Waals surface area contributed by atoms with E-state index in [0.29, 0.717) is 0 Å². The number of hydrogen-bond acceptors (Lipinski definition) is 6. The van der Waals surface area contributed by atoms with Gasteiger partial charge in [-0.05, 0) is 31.5 Å². The Morgan fingerprint density at radius 3 is 2.67 bits per heavy atom. The molecule has 1 N–H and O–H groups in total. The molecule has 0 aliphatic carbocycles. The summed E-state index contributed by atoms with van der Waals surface area (Å²) in [5.74, 6) is 0. The third-order valence-corrected chi connectivity index (χ3v) is 4.04. The maximum absolute atomic E-state index is 4.12. The molecule has 0 saturated carbocycles. The maximum Gasteiger partial charge on any atom is 0.138 e. The Balaban J connectivity index is 1.63. The standard InChI is InChI=1S/C14H16N6S/c1-10(16-7-14-19-18-11(2)21-14)12-3-5-13(6-4-12)20-9-15-8-17-20/h3-6,8-10,16H,7H2,1-2H3/t10-/m1/s1. The number of nitrogens with one attached hydrogen (secondary N) is 1. The minimum absolute atomic E-state index is 0.249. The first-order valence-corrected chi connectivity index (χ1v) is 7.51. The topological polar surface area (TPSA) is 68.5 Å². The summed E-state index contributed by atoms with van der Waals surface area (Å²) in [6, 6.07) is 8.52. The molecule has 1 atom stereocenters. The fraction of sp³-hybridized carbons (Fsp3) is 0.286. The monoisotopic (exact) mass is 300 g/mol. The quantitative estimate of drug-likeness (QED) is 0.783. The molecule has 0 aliphatic rings. The molecule has 3 aromatic rings. The van der Waals surface area contributed by atoms with Crippen LogP contribution in [0.5, 0.6) is 0 Å². The molecule has 7 heteroatoms. The van der Waals surface area contributed by atoms with Gasteiger partial charge >= 0.3 is 0 Å². The predicted octanol–water partition coefficient (Wildman–Crippen LogP) is 2.28. The molecule has 6 nitrogen and oxygen atoms in total. The molecule has 1 aromatic carbocycles. The van der Waals surface area contributed by atoms with Crippen LogP contribution in [0, 0.1) is 6.92 Å². The number of benzene rings is 1. The average molecular weight is 300 g/mol. The van der Waals surface area contributed by atoms with Gasteiger partial charge in [0.1, 0.15) is 22.7 Å². The van der Waals surface area contributed by atoms with Gasteiger partial charge in [-0.1, -0.05) is 12.1 Å². The van der Waals surface area contributed by atoms with Crippen molar-refractivity contribution in [3.8, 4) is 5.69 Å². The minimum Gasteiger partial charge on any atom is -0.304 e. The Bertz CT molecular complexity index is 689. The first-order chi connectivity index (χ1) is 10.2. The first-order valence-electron chi connectivity index (χ1n) is 6.70. The van der Waals surface area contributed by atoms with Crippen molar-refractivity contribution in [1.82, 2.24) is 30.3 Å². The Morgan fingerprint density at radius 1 is 1.24 bits per heavy atom. The Labute approximate surface area is 126 Å². The smallest absolute Gasteiger partial charge is 0.138 e. The van der Waals surface area contributed by atoms with Crippen molar-refractivity contribution < 1.29 is 0 Å². The van der Waals surface area contributed by atoms with E-state index in [9.17, 15) is 0 Å². The van der Waals surface area contributed by atoms with Gasteiger partial charge in [0.2, 0.25) is 0 Å². The van der Waals surface area contributed by atoms with E-state index in [1.807, 2.05) is 19.1 Å². The largest absolute Gasteiger partial charge is 0.304 e. The Hall–Kier alpha value is -2.12. The van der Waals surface area contributed by atoms with Crippen LogP contribution in [0.1, 0.15) is 28.5 Å². The molecule has 2 heterocycles. The number of aryl methyl sites for hydroxylation is 1. The van der Waals surface area contributed by atoms with Crippen LogP contribution in [-0.4, -0.2) is 25.0 Å². The van der Waals surface area contributed by atoms with E-state index in [0.717, 1.165) is 22.2 Å². The highest BCUT2D eigenvalue weighted by Gasteiger charge is 2.07. The highest BCUT2D eigenvalue weighted by atomic mass is 32.1. The second-order valence-electron chi connectivity index (χ2n) is 4.75. The number of nitrogens with zero attached hydrogens (tertiary/aromatic N) is 5. The molecule has 0 amide bonds. The van der Waals surface area contributed by atoms with E-state index < -0.39 is 0 Å². The highest BCUT2D eigenvalue weighted by Crippen LogP contribution is 2.16. The van der Waals surface area contributed by atoms with Crippen LogP contribution in [0.3, 0.4) is 0 Å². The average Bonchev–Trinajstić information content (AvgIpc) is 3.16. The molecule has 108 valence electrons. The zero-order valence-corrected chi connectivity index (χ0v) is 12.7. The van der Waals surface area contributed by atoms with Crippen molar-refractivity contribution >= 4 is 11.3 Å². The molecule has 3 rings (SSSR count). The zero-order valence-electron chi connectivity index (χ0n) is 11.9. The summed E-state index contributed by atoms with van der Waals surface area (Å²) in [6.45, 7) is 4.84. The zero-order chi connectivity index (χ0) is 14.7. The van der Waals surface area contributed by atoms with Crippen molar-refractivity contribution in [1.29, 1.82) is 0 Å². The number of aromatic nitrogens is 5. The molecule has 0 bridgehead atoms. The van der Waals surface area contributed by atoms with Crippen molar-refractivity contribution in [2.24, 2.45) is 0 Å². The van der Waals surface area contributed by atoms with Crippen molar-refractivity contribution in [3.63, 3.8) is 0 Å². The van der Waals surface area contributed by atoms with Crippen molar-refractivity contribution in [3.05, 3.63) is 52.5 Å². The fourth-order valence-electron chi connectivity index (χ4n) is 2.02. The molecule has 0 fully saturated rings. The predicted molar refractivity (Wildman–Crippen MR) is 81.3 cm³/mol. The highest BCUT2D eigenvalue weighted by molar-refractivity contribution is 7.11. The van der Waals surface area contributed by atoms with Gasteiger partial charge in [-0.15, -0.1) is 21.5 Å². The van der Waals surface area contributed by atoms with Crippen LogP contribution in [0.4, 0.5) is 0 Å². The molecule has 0 unspecified atom stereocenters. The normalized spacial score (nSPS) is 12.5. The van der Waals surface area contributed by atoms with Crippen LogP contribution in [0.15, 0.2) is 36.9 Å². The lowest BCUT2D eigenvalue weighted by molar-refractivity contribution is 0.570. The molecule has 2 aromatic heterocycles. The van der Waals surface area contributed by atoms with Crippen LogP contribution in [0.25, 0.3) is 5.69 Å². The van der Waals surface area contributed by atoms with E-state index in [2.05, 4.69) is 44.7 Å². The van der Waals surface area contributed by atoms with E-state index in [1.54, 1.807) is 22.3 Å². The van der Waals surface area contributed by atoms with Crippen molar-refractivity contribution in [2.75, 3.05) is 0 Å². The minimum atomic E-state index is 0.249. The van der Waals surface area contributed by atoms with Crippen LogP contribution < -0.4 is 5.32 Å². The Kier molecular flexibility index (Phi) is 4.03. The molecule has 0 radical (unpaired) electrons. The molecule has 0 aliphatic heterocycles. The molecular weight excluding hydrogens is 284 g/mol. The summed E-state index contributed by atoms with van der Waals surface area (Å²) in [5.41, 5.74) is 2.23. The molecule has 21 heavy (non-hydrogen) atoms. The third-order valence-electron chi connectivity index (χ3n) is 3.20. The lowest BCUT2D eigenvalue weighted by Gasteiger charge is -2.13. The van der Waals surface area contributed by atoms with E-state index in [4.69, 9.17) is 0 Å². The van der Waals surface area contributed by atoms with Gasteiger partial charge < -0.3 is 5.32 Å². The fourth-order valence-corrected chi connectivity index (χ4v) is 2.68. The van der Waals surface area contributed by atoms with Gasteiger partial charge in [0, 0.05) is 6.04 Å². The van der Waals surface area contributed by atoms with E-state index in [-0.39, 0.29) is 6.04 Å². The van der Waals surface area contributed by atoms with E-state index in [1.165, 1.54) is 11.9 Å². The number of hydrogen-bond donors (Lipinski definition) is 1. The summed E-state index contributed by atoms with van der Waals surface area (Å²) in [6.07, 6.45) is 3.22. The molecule has 0 spiro atoms. The van der Waals surface area contributed by atoms with Gasteiger partial charge in [0.15, 0.2) is 0 Å². The van der Waals surface area contributed by atoms with Gasteiger partial charge in [-0.3, -0.25) is 0 Å². The Morgan fingerprint density at radius 2 is 2.05 bits per heavy atom. The lowest BCUT2D eigenvalue weighted by atomic mass is 10.1. The second kappa shape index (κ2) is 6.11. The van der Waals surface area contributed by atoms with Crippen molar-refractivity contribution in [2.45, 2.75) is 26.4 Å². The summed E-state index contributed by atoms with van der Waals surface area (Å²) in [5, 5.41) is 17.7. The second-order valence-corrected chi connectivity index (χ2v) is 6.02. The van der Waals surface area contributed by atoms with Gasteiger partial charge in [0.25, 0.3) is 0 Å². The number of rotatable bonds is 5. The third kappa shape index (κ3) is 3.32. The lowest BCUT2D eigenvalue weighted by Crippen LogP contribution is -2.18. The molecular formula is C14H16N6S. The van der Waals surface area contributed by atoms with Gasteiger partial charge in [0.05, 0.1) is 12.2 Å². The van der Waals surface area contributed by atoms with Crippen LogP contribution in [-0.2, 0) is 6.54 Å². The van der Waals surface area contributed by atoms with E-state index >= 15 is 0 Å². The first kappa shape index (κ1) is 13.8.